The molecule has 0 bridgehead atoms. The van der Waals surface area contributed by atoms with Crippen molar-refractivity contribution in [2.75, 3.05) is 0 Å². The summed E-state index contributed by atoms with van der Waals surface area (Å²) in [5, 5.41) is 3.75. The van der Waals surface area contributed by atoms with Crippen LogP contribution in [0, 0.1) is 0 Å². The lowest BCUT2D eigenvalue weighted by atomic mass is 10.3. The molecule has 1 atom stereocenters. The molecule has 2 aromatic heterocycles. The van der Waals surface area contributed by atoms with Gasteiger partial charge in [-0.25, -0.2) is 9.97 Å². The number of hydrogen-bond acceptors (Lipinski definition) is 6. The van der Waals surface area contributed by atoms with E-state index in [2.05, 4.69) is 20.1 Å². The van der Waals surface area contributed by atoms with Crippen LogP contribution in [-0.4, -0.2) is 20.1 Å². The van der Waals surface area contributed by atoms with E-state index in [9.17, 15) is 0 Å². The highest BCUT2D eigenvalue weighted by Gasteiger charge is 2.11. The van der Waals surface area contributed by atoms with Crippen LogP contribution in [0.25, 0.3) is 11.5 Å². The molecule has 2 aromatic rings. The van der Waals surface area contributed by atoms with E-state index in [1.165, 1.54) is 6.33 Å². The van der Waals surface area contributed by atoms with Gasteiger partial charge in [0.15, 0.2) is 0 Å². The first-order valence-electron chi connectivity index (χ1n) is 4.13. The second kappa shape index (κ2) is 3.51. The molecule has 0 aliphatic carbocycles. The highest BCUT2D eigenvalue weighted by Crippen LogP contribution is 2.13. The summed E-state index contributed by atoms with van der Waals surface area (Å²) in [7, 11) is 0. The standard InChI is InChI=1S/C8H9N5O/c1-5(9)8-12-7(13-14-8)6-2-3-10-4-11-6/h2-5H,9H2,1H3/t5-/m1/s1. The Balaban J connectivity index is 2.34. The van der Waals surface area contributed by atoms with Crippen molar-refractivity contribution in [1.29, 1.82) is 0 Å². The Kier molecular flexibility index (Phi) is 2.19. The Morgan fingerprint density at radius 2 is 2.36 bits per heavy atom. The van der Waals surface area contributed by atoms with Crippen LogP contribution in [0.5, 0.6) is 0 Å². The van der Waals surface area contributed by atoms with E-state index in [1.807, 2.05) is 0 Å². The van der Waals surface area contributed by atoms with E-state index in [4.69, 9.17) is 10.3 Å². The number of nitrogens with two attached hydrogens (primary N) is 1. The molecule has 0 aliphatic rings. The van der Waals surface area contributed by atoms with Gasteiger partial charge in [-0.1, -0.05) is 5.16 Å². The van der Waals surface area contributed by atoms with Gasteiger partial charge in [0.1, 0.15) is 12.0 Å². The number of nitrogens with zero attached hydrogens (tertiary/aromatic N) is 4. The topological polar surface area (TPSA) is 90.7 Å². The first-order valence-corrected chi connectivity index (χ1v) is 4.13. The molecule has 14 heavy (non-hydrogen) atoms. The van der Waals surface area contributed by atoms with Crippen molar-refractivity contribution in [3.05, 3.63) is 24.5 Å². The third-order valence-electron chi connectivity index (χ3n) is 1.64. The molecule has 2 rings (SSSR count). The third-order valence-corrected chi connectivity index (χ3v) is 1.64. The lowest BCUT2D eigenvalue weighted by molar-refractivity contribution is 0.362. The first-order chi connectivity index (χ1) is 6.77. The first kappa shape index (κ1) is 8.76. The molecule has 0 saturated heterocycles. The molecule has 2 heterocycles. The zero-order valence-corrected chi connectivity index (χ0v) is 7.58. The van der Waals surface area contributed by atoms with Crippen molar-refractivity contribution in [2.24, 2.45) is 5.73 Å². The molecule has 2 N–H and O–H groups in total. The van der Waals surface area contributed by atoms with Crippen molar-refractivity contribution in [2.45, 2.75) is 13.0 Å². The van der Waals surface area contributed by atoms with Crippen molar-refractivity contribution < 1.29 is 4.52 Å². The van der Waals surface area contributed by atoms with Gasteiger partial charge < -0.3 is 10.3 Å². The van der Waals surface area contributed by atoms with Crippen LogP contribution < -0.4 is 5.73 Å². The molecule has 0 aliphatic heterocycles. The van der Waals surface area contributed by atoms with Gasteiger partial charge in [-0.15, -0.1) is 0 Å². The van der Waals surface area contributed by atoms with Gasteiger partial charge in [0.05, 0.1) is 6.04 Å². The van der Waals surface area contributed by atoms with E-state index >= 15 is 0 Å². The molecular weight excluding hydrogens is 182 g/mol. The molecular formula is C8H9N5O. The van der Waals surface area contributed by atoms with Gasteiger partial charge in [0.2, 0.25) is 11.7 Å². The fourth-order valence-electron chi connectivity index (χ4n) is 0.947. The Morgan fingerprint density at radius 3 is 2.93 bits per heavy atom. The Bertz CT molecular complexity index is 411. The lowest BCUT2D eigenvalue weighted by Crippen LogP contribution is -2.04. The summed E-state index contributed by atoms with van der Waals surface area (Å²) in [6.45, 7) is 1.78. The van der Waals surface area contributed by atoms with Crippen LogP contribution in [0.2, 0.25) is 0 Å². The number of hydrogen-bond donors (Lipinski definition) is 1. The summed E-state index contributed by atoms with van der Waals surface area (Å²) < 4.78 is 4.93. The summed E-state index contributed by atoms with van der Waals surface area (Å²) >= 11 is 0. The third kappa shape index (κ3) is 1.60. The Labute approximate surface area is 80.2 Å². The van der Waals surface area contributed by atoms with E-state index in [0.29, 0.717) is 17.4 Å². The average Bonchev–Trinajstić information content (AvgIpc) is 2.68. The zero-order valence-electron chi connectivity index (χ0n) is 7.58. The van der Waals surface area contributed by atoms with Gasteiger partial charge >= 0.3 is 0 Å². The number of rotatable bonds is 2. The van der Waals surface area contributed by atoms with Gasteiger partial charge in [0.25, 0.3) is 0 Å². The molecule has 0 fully saturated rings. The number of aromatic nitrogens is 4. The minimum absolute atomic E-state index is 0.266. The van der Waals surface area contributed by atoms with Crippen LogP contribution in [0.15, 0.2) is 23.1 Å². The zero-order chi connectivity index (χ0) is 9.97. The van der Waals surface area contributed by atoms with Crippen molar-refractivity contribution >= 4 is 0 Å². The fraction of sp³-hybridized carbons (Fsp3) is 0.250. The summed E-state index contributed by atoms with van der Waals surface area (Å²) in [6.07, 6.45) is 3.04. The van der Waals surface area contributed by atoms with Crippen molar-refractivity contribution in [3.63, 3.8) is 0 Å². The average molecular weight is 191 g/mol. The molecule has 0 amide bonds. The van der Waals surface area contributed by atoms with Crippen molar-refractivity contribution in [3.8, 4) is 11.5 Å². The lowest BCUT2D eigenvalue weighted by Gasteiger charge is -1.93. The van der Waals surface area contributed by atoms with Crippen LogP contribution in [-0.2, 0) is 0 Å². The fourth-order valence-corrected chi connectivity index (χ4v) is 0.947. The second-order valence-electron chi connectivity index (χ2n) is 2.84. The van der Waals surface area contributed by atoms with Crippen LogP contribution in [0.4, 0.5) is 0 Å². The smallest absolute Gasteiger partial charge is 0.243 e. The normalized spacial score (nSPS) is 12.7. The summed E-state index contributed by atoms with van der Waals surface area (Å²) in [5.41, 5.74) is 6.20. The molecule has 72 valence electrons. The Hall–Kier alpha value is -1.82. The summed E-state index contributed by atoms with van der Waals surface area (Å²) in [5.74, 6) is 0.832. The van der Waals surface area contributed by atoms with Crippen molar-refractivity contribution in [1.82, 2.24) is 20.1 Å². The van der Waals surface area contributed by atoms with Gasteiger partial charge in [-0.3, -0.25) is 0 Å². The molecule has 0 saturated carbocycles. The second-order valence-corrected chi connectivity index (χ2v) is 2.84. The summed E-state index contributed by atoms with van der Waals surface area (Å²) in [4.78, 5) is 11.9. The predicted octanol–water partition coefficient (Wildman–Crippen LogP) is 0.546. The van der Waals surface area contributed by atoms with E-state index in [0.717, 1.165) is 0 Å². The van der Waals surface area contributed by atoms with Crippen LogP contribution >= 0.6 is 0 Å². The maximum atomic E-state index is 5.58. The van der Waals surface area contributed by atoms with Gasteiger partial charge in [-0.2, -0.15) is 4.98 Å². The van der Waals surface area contributed by atoms with E-state index in [1.54, 1.807) is 19.2 Å². The quantitative estimate of drug-likeness (QED) is 0.745. The molecule has 6 heteroatoms. The van der Waals surface area contributed by atoms with E-state index in [-0.39, 0.29) is 6.04 Å². The molecule has 0 radical (unpaired) electrons. The maximum Gasteiger partial charge on any atom is 0.243 e. The van der Waals surface area contributed by atoms with Crippen LogP contribution in [0.3, 0.4) is 0 Å². The highest BCUT2D eigenvalue weighted by atomic mass is 16.5. The monoisotopic (exact) mass is 191 g/mol. The SMILES string of the molecule is C[C@@H](N)c1nc(-c2ccncn2)no1. The molecule has 0 spiro atoms. The molecule has 0 aromatic carbocycles. The Morgan fingerprint density at radius 1 is 1.50 bits per heavy atom. The van der Waals surface area contributed by atoms with Gasteiger partial charge in [-0.05, 0) is 13.0 Å². The highest BCUT2D eigenvalue weighted by molar-refractivity contribution is 5.46. The van der Waals surface area contributed by atoms with Crippen LogP contribution in [0.1, 0.15) is 18.9 Å². The van der Waals surface area contributed by atoms with E-state index < -0.39 is 0 Å². The predicted molar refractivity (Wildman–Crippen MR) is 47.9 cm³/mol. The van der Waals surface area contributed by atoms with Gasteiger partial charge in [0, 0.05) is 6.20 Å². The summed E-state index contributed by atoms with van der Waals surface area (Å²) in [6, 6.07) is 1.44. The minimum Gasteiger partial charge on any atom is -0.337 e. The maximum absolute atomic E-state index is 5.58. The minimum atomic E-state index is -0.266. The largest absolute Gasteiger partial charge is 0.337 e. The molecule has 0 unspecified atom stereocenters. The molecule has 6 nitrogen and oxygen atoms in total.